The van der Waals surface area contributed by atoms with Gasteiger partial charge in [0.05, 0.1) is 16.6 Å². The number of alkyl halides is 3. The molecular formula is C10H7F3N2O2. The van der Waals surface area contributed by atoms with E-state index < -0.39 is 23.3 Å². The van der Waals surface area contributed by atoms with Gasteiger partial charge in [-0.25, -0.2) is 9.36 Å². The first-order chi connectivity index (χ1) is 7.80. The summed E-state index contributed by atoms with van der Waals surface area (Å²) in [5.41, 5.74) is -1.53. The van der Waals surface area contributed by atoms with Crippen molar-refractivity contribution in [2.24, 2.45) is 0 Å². The van der Waals surface area contributed by atoms with Gasteiger partial charge in [0.1, 0.15) is 0 Å². The Kier molecular flexibility index (Phi) is 2.34. The monoisotopic (exact) mass is 244 g/mol. The van der Waals surface area contributed by atoms with Crippen molar-refractivity contribution in [1.82, 2.24) is 9.55 Å². The van der Waals surface area contributed by atoms with Gasteiger partial charge in [-0.15, -0.1) is 0 Å². The molecule has 0 amide bonds. The van der Waals surface area contributed by atoms with Crippen molar-refractivity contribution in [3.05, 3.63) is 34.2 Å². The lowest BCUT2D eigenvalue weighted by Gasteiger charge is -2.06. The van der Waals surface area contributed by atoms with E-state index in [0.29, 0.717) is 4.57 Å². The first-order valence-electron chi connectivity index (χ1n) is 4.63. The molecule has 0 aliphatic heterocycles. The molecule has 2 aromatic rings. The molecule has 0 saturated carbocycles. The quantitative estimate of drug-likeness (QED) is 0.770. The van der Waals surface area contributed by atoms with Gasteiger partial charge in [-0.2, -0.15) is 13.2 Å². The van der Waals surface area contributed by atoms with Crippen molar-refractivity contribution >= 4 is 16.9 Å². The number of fused-ring (bicyclic) bond motifs is 1. The number of halogens is 3. The SMILES string of the molecule is CC(=O)n1c(=O)[nH]c2ccc(C(F)(F)F)cc21. The number of hydrogen-bond donors (Lipinski definition) is 1. The van der Waals surface area contributed by atoms with E-state index in [1.807, 2.05) is 0 Å². The minimum atomic E-state index is -4.51. The van der Waals surface area contributed by atoms with Gasteiger partial charge in [-0.3, -0.25) is 4.79 Å². The Balaban J connectivity index is 2.80. The molecule has 0 aliphatic carbocycles. The summed E-state index contributed by atoms with van der Waals surface area (Å²) in [6.45, 7) is 1.11. The second kappa shape index (κ2) is 3.47. The highest BCUT2D eigenvalue weighted by Crippen LogP contribution is 2.30. The maximum atomic E-state index is 12.5. The lowest BCUT2D eigenvalue weighted by molar-refractivity contribution is -0.137. The van der Waals surface area contributed by atoms with Crippen molar-refractivity contribution in [2.75, 3.05) is 0 Å². The molecule has 2 rings (SSSR count). The first-order valence-corrected chi connectivity index (χ1v) is 4.63. The van der Waals surface area contributed by atoms with Crippen LogP contribution in [0.15, 0.2) is 23.0 Å². The number of nitrogens with zero attached hydrogens (tertiary/aromatic N) is 1. The topological polar surface area (TPSA) is 54.9 Å². The summed E-state index contributed by atoms with van der Waals surface area (Å²) in [7, 11) is 0. The summed E-state index contributed by atoms with van der Waals surface area (Å²) < 4.78 is 38.1. The summed E-state index contributed by atoms with van der Waals surface area (Å²) in [4.78, 5) is 24.8. The van der Waals surface area contributed by atoms with Crippen LogP contribution >= 0.6 is 0 Å². The number of carbonyl (C=O) groups is 1. The molecule has 0 spiro atoms. The van der Waals surface area contributed by atoms with Crippen LogP contribution in [0.5, 0.6) is 0 Å². The van der Waals surface area contributed by atoms with Crippen LogP contribution in [-0.2, 0) is 6.18 Å². The summed E-state index contributed by atoms with van der Waals surface area (Å²) in [5.74, 6) is -0.638. The lowest BCUT2D eigenvalue weighted by Crippen LogP contribution is -2.21. The number of aromatic amines is 1. The van der Waals surface area contributed by atoms with Gasteiger partial charge >= 0.3 is 11.9 Å². The molecule has 0 fully saturated rings. The number of imidazole rings is 1. The molecular weight excluding hydrogens is 237 g/mol. The third-order valence-corrected chi connectivity index (χ3v) is 2.33. The van der Waals surface area contributed by atoms with Crippen LogP contribution in [0.2, 0.25) is 0 Å². The van der Waals surface area contributed by atoms with Crippen molar-refractivity contribution in [3.63, 3.8) is 0 Å². The Labute approximate surface area is 92.7 Å². The number of H-pyrrole nitrogens is 1. The highest BCUT2D eigenvalue weighted by Gasteiger charge is 2.31. The van der Waals surface area contributed by atoms with E-state index in [2.05, 4.69) is 4.98 Å². The van der Waals surface area contributed by atoms with E-state index in [0.717, 1.165) is 25.1 Å². The van der Waals surface area contributed by atoms with E-state index >= 15 is 0 Å². The van der Waals surface area contributed by atoms with Gasteiger partial charge < -0.3 is 4.98 Å². The molecule has 4 nitrogen and oxygen atoms in total. The smallest absolute Gasteiger partial charge is 0.305 e. The zero-order valence-electron chi connectivity index (χ0n) is 8.63. The fourth-order valence-corrected chi connectivity index (χ4v) is 1.59. The van der Waals surface area contributed by atoms with Gasteiger partial charge in [-0.1, -0.05) is 0 Å². The normalized spacial score (nSPS) is 12.0. The molecule has 17 heavy (non-hydrogen) atoms. The zero-order valence-corrected chi connectivity index (χ0v) is 8.63. The lowest BCUT2D eigenvalue weighted by atomic mass is 10.2. The van der Waals surface area contributed by atoms with Crippen LogP contribution in [-0.4, -0.2) is 15.5 Å². The molecule has 7 heteroatoms. The van der Waals surface area contributed by atoms with Crippen LogP contribution in [0.3, 0.4) is 0 Å². The van der Waals surface area contributed by atoms with E-state index in [4.69, 9.17) is 0 Å². The average Bonchev–Trinajstić information content (AvgIpc) is 2.50. The Hall–Kier alpha value is -2.05. The third kappa shape index (κ3) is 1.83. The maximum Gasteiger partial charge on any atom is 0.416 e. The molecule has 1 aromatic carbocycles. The summed E-state index contributed by atoms with van der Waals surface area (Å²) in [6.07, 6.45) is -4.51. The van der Waals surface area contributed by atoms with Crippen molar-refractivity contribution in [2.45, 2.75) is 13.1 Å². The second-order valence-electron chi connectivity index (χ2n) is 3.51. The second-order valence-corrected chi connectivity index (χ2v) is 3.51. The van der Waals surface area contributed by atoms with Gasteiger partial charge in [0.25, 0.3) is 0 Å². The molecule has 90 valence electrons. The van der Waals surface area contributed by atoms with Crippen molar-refractivity contribution in [1.29, 1.82) is 0 Å². The van der Waals surface area contributed by atoms with Gasteiger partial charge in [0.2, 0.25) is 5.91 Å². The van der Waals surface area contributed by atoms with E-state index in [-0.39, 0.29) is 11.0 Å². The predicted molar refractivity (Wildman–Crippen MR) is 53.9 cm³/mol. The molecule has 1 heterocycles. The standard InChI is InChI=1S/C10H7F3N2O2/c1-5(16)15-8-4-6(10(11,12)13)2-3-7(8)14-9(15)17/h2-4H,1H3,(H,14,17). The molecule has 0 bridgehead atoms. The van der Waals surface area contributed by atoms with Crippen LogP contribution < -0.4 is 5.69 Å². The largest absolute Gasteiger partial charge is 0.416 e. The number of hydrogen-bond acceptors (Lipinski definition) is 2. The molecule has 0 atom stereocenters. The number of rotatable bonds is 0. The van der Waals surface area contributed by atoms with Crippen molar-refractivity contribution in [3.8, 4) is 0 Å². The maximum absolute atomic E-state index is 12.5. The number of carbonyl (C=O) groups excluding carboxylic acids is 1. The molecule has 0 saturated heterocycles. The minimum absolute atomic E-state index is 0.0719. The van der Waals surface area contributed by atoms with E-state index in [1.54, 1.807) is 0 Å². The Morgan fingerprint density at radius 3 is 2.53 bits per heavy atom. The summed E-state index contributed by atoms with van der Waals surface area (Å²) >= 11 is 0. The van der Waals surface area contributed by atoms with E-state index in [9.17, 15) is 22.8 Å². The first kappa shape index (κ1) is 11.4. The van der Waals surface area contributed by atoms with Crippen LogP contribution in [0.1, 0.15) is 17.3 Å². The van der Waals surface area contributed by atoms with Gasteiger partial charge in [0.15, 0.2) is 0 Å². The minimum Gasteiger partial charge on any atom is -0.305 e. The Bertz CT molecular complexity index is 652. The van der Waals surface area contributed by atoms with Crippen molar-refractivity contribution < 1.29 is 18.0 Å². The third-order valence-electron chi connectivity index (χ3n) is 2.33. The highest BCUT2D eigenvalue weighted by molar-refractivity contribution is 5.89. The van der Waals surface area contributed by atoms with E-state index in [1.165, 1.54) is 0 Å². The zero-order chi connectivity index (χ0) is 12.8. The fraction of sp³-hybridized carbons (Fsp3) is 0.200. The Morgan fingerprint density at radius 1 is 1.35 bits per heavy atom. The average molecular weight is 244 g/mol. The summed E-state index contributed by atoms with van der Waals surface area (Å²) in [6, 6.07) is 2.75. The molecule has 1 aromatic heterocycles. The van der Waals surface area contributed by atoms with Gasteiger partial charge in [-0.05, 0) is 18.2 Å². The van der Waals surface area contributed by atoms with Gasteiger partial charge in [0, 0.05) is 6.92 Å². The van der Waals surface area contributed by atoms with Crippen LogP contribution in [0, 0.1) is 0 Å². The molecule has 0 unspecified atom stereocenters. The predicted octanol–water partition coefficient (Wildman–Crippen LogP) is 2.01. The van der Waals surface area contributed by atoms with Crippen LogP contribution in [0.4, 0.5) is 13.2 Å². The number of aromatic nitrogens is 2. The molecule has 0 radical (unpaired) electrons. The summed E-state index contributed by atoms with van der Waals surface area (Å²) in [5, 5.41) is 0. The number of nitrogens with one attached hydrogen (secondary N) is 1. The fourth-order valence-electron chi connectivity index (χ4n) is 1.59. The molecule has 0 aliphatic rings. The highest BCUT2D eigenvalue weighted by atomic mass is 19.4. The molecule has 1 N–H and O–H groups in total. The van der Waals surface area contributed by atoms with Crippen LogP contribution in [0.25, 0.3) is 11.0 Å². The number of benzene rings is 1. The Morgan fingerprint density at radius 2 is 2.00 bits per heavy atom.